The van der Waals surface area contributed by atoms with E-state index in [-0.39, 0.29) is 17.4 Å². The second kappa shape index (κ2) is 8.44. The van der Waals surface area contributed by atoms with Crippen molar-refractivity contribution < 1.29 is 9.90 Å². The molecule has 2 aliphatic rings. The van der Waals surface area contributed by atoms with Gasteiger partial charge in [-0.1, -0.05) is 12.1 Å². The maximum absolute atomic E-state index is 12.6. The fourth-order valence-electron chi connectivity index (χ4n) is 3.97. The number of allylic oxidation sites excluding steroid dienone is 2. The standard InChI is InChI=1S/C22H24N4O2S/c23-13-17-14-24-20(25-17)21(27)26-19-7-6-16(22(28)8-10-29-11-9-22)12-18(19)15-4-2-1-3-5-15/h4,6-7,12,14,28H,1-3,5,8-11H2,(H,24,25)(H,26,27). The summed E-state index contributed by atoms with van der Waals surface area (Å²) in [5.74, 6) is 1.63. The number of H-pyrrole nitrogens is 1. The molecule has 29 heavy (non-hydrogen) atoms. The molecule has 7 heteroatoms. The third kappa shape index (κ3) is 4.24. The number of amides is 1. The first-order chi connectivity index (χ1) is 14.1. The van der Waals surface area contributed by atoms with Crippen LogP contribution in [0.4, 0.5) is 5.69 Å². The second-order valence-corrected chi connectivity index (χ2v) is 8.80. The number of imidazole rings is 1. The topological polar surface area (TPSA) is 102 Å². The molecule has 1 amide bonds. The van der Waals surface area contributed by atoms with E-state index in [1.54, 1.807) is 0 Å². The predicted molar refractivity (Wildman–Crippen MR) is 115 cm³/mol. The summed E-state index contributed by atoms with van der Waals surface area (Å²) in [7, 11) is 0. The van der Waals surface area contributed by atoms with Crippen LogP contribution in [0.3, 0.4) is 0 Å². The molecular formula is C22H24N4O2S. The number of aliphatic hydroxyl groups is 1. The van der Waals surface area contributed by atoms with Crippen molar-refractivity contribution in [3.8, 4) is 6.07 Å². The van der Waals surface area contributed by atoms with Gasteiger partial charge in [0.25, 0.3) is 5.91 Å². The second-order valence-electron chi connectivity index (χ2n) is 7.58. The van der Waals surface area contributed by atoms with Crippen molar-refractivity contribution in [1.29, 1.82) is 5.26 Å². The Hall–Kier alpha value is -2.56. The molecule has 4 rings (SSSR count). The number of carbonyl (C=O) groups is 1. The van der Waals surface area contributed by atoms with E-state index < -0.39 is 5.60 Å². The number of carbonyl (C=O) groups excluding carboxylic acids is 1. The number of aromatic amines is 1. The Morgan fingerprint density at radius 3 is 2.83 bits per heavy atom. The summed E-state index contributed by atoms with van der Waals surface area (Å²) in [6, 6.07) is 7.76. The highest BCUT2D eigenvalue weighted by Crippen LogP contribution is 2.40. The molecule has 0 atom stereocenters. The van der Waals surface area contributed by atoms with Crippen LogP contribution in [0.15, 0.2) is 30.5 Å². The fraction of sp³-hybridized carbons (Fsp3) is 0.409. The zero-order chi connectivity index (χ0) is 20.3. The lowest BCUT2D eigenvalue weighted by molar-refractivity contribution is 0.0281. The van der Waals surface area contributed by atoms with Crippen LogP contribution in [0.1, 0.15) is 66.0 Å². The molecule has 150 valence electrons. The van der Waals surface area contributed by atoms with Gasteiger partial charge in [-0.3, -0.25) is 4.79 Å². The van der Waals surface area contributed by atoms with E-state index in [2.05, 4.69) is 21.4 Å². The highest BCUT2D eigenvalue weighted by atomic mass is 32.2. The number of hydrogen-bond acceptors (Lipinski definition) is 5. The summed E-state index contributed by atoms with van der Waals surface area (Å²) in [6.07, 6.45) is 9.41. The molecule has 0 radical (unpaired) electrons. The molecule has 1 aromatic carbocycles. The van der Waals surface area contributed by atoms with Gasteiger partial charge in [0, 0.05) is 17.4 Å². The lowest BCUT2D eigenvalue weighted by Crippen LogP contribution is -2.30. The molecule has 6 nitrogen and oxygen atoms in total. The van der Waals surface area contributed by atoms with Crippen LogP contribution in [0, 0.1) is 11.3 Å². The highest BCUT2D eigenvalue weighted by Gasteiger charge is 2.32. The Balaban J connectivity index is 1.68. The SMILES string of the molecule is N#Cc1c[nH]c(C(=O)Nc2ccc(C3(O)CCSCC3)cc2C2=CCCCC2)n1. The first-order valence-electron chi connectivity index (χ1n) is 10.00. The molecule has 0 saturated carbocycles. The first kappa shape index (κ1) is 19.7. The zero-order valence-electron chi connectivity index (χ0n) is 16.2. The van der Waals surface area contributed by atoms with E-state index in [1.165, 1.54) is 18.2 Å². The third-order valence-electron chi connectivity index (χ3n) is 5.67. The van der Waals surface area contributed by atoms with Crippen molar-refractivity contribution in [2.24, 2.45) is 0 Å². The third-order valence-corrected chi connectivity index (χ3v) is 6.66. The lowest BCUT2D eigenvalue weighted by Gasteiger charge is -2.33. The van der Waals surface area contributed by atoms with Crippen LogP contribution >= 0.6 is 11.8 Å². The molecule has 1 saturated heterocycles. The molecule has 1 fully saturated rings. The van der Waals surface area contributed by atoms with Crippen LogP contribution in [-0.4, -0.2) is 32.5 Å². The van der Waals surface area contributed by atoms with E-state index in [0.29, 0.717) is 5.69 Å². The van der Waals surface area contributed by atoms with Gasteiger partial charge >= 0.3 is 0 Å². The van der Waals surface area contributed by atoms with Crippen molar-refractivity contribution in [3.05, 3.63) is 53.1 Å². The molecule has 3 N–H and O–H groups in total. The maximum Gasteiger partial charge on any atom is 0.291 e. The minimum atomic E-state index is -0.805. The van der Waals surface area contributed by atoms with Gasteiger partial charge in [-0.2, -0.15) is 17.0 Å². The monoisotopic (exact) mass is 408 g/mol. The van der Waals surface area contributed by atoms with Crippen molar-refractivity contribution in [2.45, 2.75) is 44.1 Å². The Morgan fingerprint density at radius 1 is 1.31 bits per heavy atom. The van der Waals surface area contributed by atoms with Gasteiger partial charge < -0.3 is 15.4 Å². The molecule has 0 unspecified atom stereocenters. The van der Waals surface area contributed by atoms with Gasteiger partial charge in [0.15, 0.2) is 11.5 Å². The number of hydrogen-bond donors (Lipinski definition) is 3. The van der Waals surface area contributed by atoms with Crippen molar-refractivity contribution in [1.82, 2.24) is 9.97 Å². The average molecular weight is 409 g/mol. The molecule has 1 aliphatic carbocycles. The summed E-state index contributed by atoms with van der Waals surface area (Å²) < 4.78 is 0. The van der Waals surface area contributed by atoms with Gasteiger partial charge in [0.05, 0.1) is 5.60 Å². The summed E-state index contributed by atoms with van der Waals surface area (Å²) in [4.78, 5) is 19.4. The number of nitrogens with zero attached hydrogens (tertiary/aromatic N) is 2. The Bertz CT molecular complexity index is 983. The average Bonchev–Trinajstić information content (AvgIpc) is 3.25. The Kier molecular flexibility index (Phi) is 5.74. The van der Waals surface area contributed by atoms with Crippen molar-refractivity contribution in [3.63, 3.8) is 0 Å². The number of nitrogens with one attached hydrogen (secondary N) is 2. The zero-order valence-corrected chi connectivity index (χ0v) is 17.0. The number of rotatable bonds is 4. The summed E-state index contributed by atoms with van der Waals surface area (Å²) in [5, 5.41) is 23.0. The molecule has 1 aromatic heterocycles. The number of thioether (sulfide) groups is 1. The van der Waals surface area contributed by atoms with E-state index in [9.17, 15) is 9.90 Å². The predicted octanol–water partition coefficient (Wildman–Crippen LogP) is 4.21. The summed E-state index contributed by atoms with van der Waals surface area (Å²) in [5.41, 5.74) is 3.17. The molecule has 0 bridgehead atoms. The minimum absolute atomic E-state index is 0.108. The molecule has 2 heterocycles. The van der Waals surface area contributed by atoms with E-state index in [4.69, 9.17) is 5.26 Å². The molecular weight excluding hydrogens is 384 g/mol. The normalized spacial score (nSPS) is 18.6. The van der Waals surface area contributed by atoms with Gasteiger partial charge in [-0.15, -0.1) is 0 Å². The van der Waals surface area contributed by atoms with Crippen LogP contribution in [0.5, 0.6) is 0 Å². The van der Waals surface area contributed by atoms with Crippen LogP contribution in [0.2, 0.25) is 0 Å². The van der Waals surface area contributed by atoms with Crippen molar-refractivity contribution in [2.75, 3.05) is 16.8 Å². The Labute approximate surface area is 174 Å². The summed E-state index contributed by atoms with van der Waals surface area (Å²) >= 11 is 1.88. The molecule has 2 aromatic rings. The van der Waals surface area contributed by atoms with Gasteiger partial charge in [-0.05, 0) is 73.3 Å². The van der Waals surface area contributed by atoms with Crippen LogP contribution in [0.25, 0.3) is 5.57 Å². The lowest BCUT2D eigenvalue weighted by atomic mass is 9.84. The number of aromatic nitrogens is 2. The number of anilines is 1. The van der Waals surface area contributed by atoms with Gasteiger partial charge in [0.2, 0.25) is 0 Å². The molecule has 0 spiro atoms. The number of nitriles is 1. The largest absolute Gasteiger partial charge is 0.385 e. The smallest absolute Gasteiger partial charge is 0.291 e. The number of benzene rings is 1. The Morgan fingerprint density at radius 2 is 2.14 bits per heavy atom. The quantitative estimate of drug-likeness (QED) is 0.703. The summed E-state index contributed by atoms with van der Waals surface area (Å²) in [6.45, 7) is 0. The maximum atomic E-state index is 12.6. The van der Waals surface area contributed by atoms with Gasteiger partial charge in [0.1, 0.15) is 6.07 Å². The molecule has 1 aliphatic heterocycles. The van der Waals surface area contributed by atoms with Gasteiger partial charge in [-0.25, -0.2) is 4.98 Å². The minimum Gasteiger partial charge on any atom is -0.385 e. The van der Waals surface area contributed by atoms with Crippen molar-refractivity contribution >= 4 is 28.9 Å². The van der Waals surface area contributed by atoms with E-state index in [1.807, 2.05) is 36.0 Å². The first-order valence-corrected chi connectivity index (χ1v) is 11.2. The van der Waals surface area contributed by atoms with Crippen LogP contribution in [-0.2, 0) is 5.60 Å². The van der Waals surface area contributed by atoms with E-state index >= 15 is 0 Å². The fourth-order valence-corrected chi connectivity index (χ4v) is 5.13. The van der Waals surface area contributed by atoms with E-state index in [0.717, 1.165) is 54.7 Å². The van der Waals surface area contributed by atoms with Crippen LogP contribution < -0.4 is 5.32 Å². The highest BCUT2D eigenvalue weighted by molar-refractivity contribution is 7.99.